The summed E-state index contributed by atoms with van der Waals surface area (Å²) in [4.78, 5) is 10.4. The van der Waals surface area contributed by atoms with E-state index in [-0.39, 0.29) is 10.6 Å². The molecule has 19 heavy (non-hydrogen) atoms. The molecule has 2 fully saturated rings. The van der Waals surface area contributed by atoms with Gasteiger partial charge in [-0.2, -0.15) is 0 Å². The van der Waals surface area contributed by atoms with Crippen LogP contribution in [-0.2, 0) is 0 Å². The molecular weight excluding hydrogens is 357 g/mol. The Bertz CT molecular complexity index is 497. The van der Waals surface area contributed by atoms with E-state index in [0.29, 0.717) is 18.1 Å². The van der Waals surface area contributed by atoms with Crippen LogP contribution in [0.2, 0.25) is 0 Å². The monoisotopic (exact) mass is 373 g/mol. The second-order valence-electron chi connectivity index (χ2n) is 5.37. The van der Waals surface area contributed by atoms with Gasteiger partial charge in [0.15, 0.2) is 0 Å². The zero-order valence-electron chi connectivity index (χ0n) is 10.4. The average Bonchev–Trinajstić information content (AvgIpc) is 2.71. The SMILES string of the molecule is O=[N+]([O-])c1ccc(NC2CC3CCC(C2)N3)c(I)c1. The Hall–Kier alpha value is -0.890. The molecule has 2 saturated heterocycles. The Labute approximate surface area is 125 Å². The summed E-state index contributed by atoms with van der Waals surface area (Å²) in [5.74, 6) is 0. The minimum absolute atomic E-state index is 0.153. The lowest BCUT2D eigenvalue weighted by Gasteiger charge is -2.30. The van der Waals surface area contributed by atoms with Crippen LogP contribution in [0.1, 0.15) is 25.7 Å². The Kier molecular flexibility index (Phi) is 3.62. The largest absolute Gasteiger partial charge is 0.381 e. The minimum Gasteiger partial charge on any atom is -0.381 e. The Morgan fingerprint density at radius 1 is 1.32 bits per heavy atom. The van der Waals surface area contributed by atoms with Gasteiger partial charge in [-0.05, 0) is 54.3 Å². The first-order valence-corrected chi connectivity index (χ1v) is 7.66. The van der Waals surface area contributed by atoms with Crippen molar-refractivity contribution in [1.82, 2.24) is 5.32 Å². The number of fused-ring (bicyclic) bond motifs is 2. The van der Waals surface area contributed by atoms with Crippen LogP contribution in [0.5, 0.6) is 0 Å². The van der Waals surface area contributed by atoms with Gasteiger partial charge in [0.2, 0.25) is 0 Å². The van der Waals surface area contributed by atoms with E-state index in [1.54, 1.807) is 12.1 Å². The molecule has 0 aromatic heterocycles. The van der Waals surface area contributed by atoms with Gasteiger partial charge in [0.05, 0.1) is 4.92 Å². The van der Waals surface area contributed by atoms with Crippen LogP contribution in [0.3, 0.4) is 0 Å². The quantitative estimate of drug-likeness (QED) is 0.486. The highest BCUT2D eigenvalue weighted by atomic mass is 127. The highest BCUT2D eigenvalue weighted by Gasteiger charge is 2.33. The van der Waals surface area contributed by atoms with E-state index in [2.05, 4.69) is 33.2 Å². The number of hydrogen-bond donors (Lipinski definition) is 2. The van der Waals surface area contributed by atoms with Crippen LogP contribution in [-0.4, -0.2) is 23.0 Å². The van der Waals surface area contributed by atoms with Gasteiger partial charge in [0.1, 0.15) is 0 Å². The number of halogens is 1. The van der Waals surface area contributed by atoms with Crippen LogP contribution in [0.25, 0.3) is 0 Å². The van der Waals surface area contributed by atoms with Crippen molar-refractivity contribution in [2.75, 3.05) is 5.32 Å². The van der Waals surface area contributed by atoms with E-state index in [1.807, 2.05) is 6.07 Å². The van der Waals surface area contributed by atoms with Gasteiger partial charge in [-0.25, -0.2) is 0 Å². The van der Waals surface area contributed by atoms with Gasteiger partial charge in [-0.1, -0.05) is 0 Å². The van der Waals surface area contributed by atoms with E-state index in [4.69, 9.17) is 0 Å². The van der Waals surface area contributed by atoms with Gasteiger partial charge in [0, 0.05) is 39.5 Å². The molecule has 6 heteroatoms. The molecule has 0 radical (unpaired) electrons. The van der Waals surface area contributed by atoms with Crippen molar-refractivity contribution >= 4 is 34.0 Å². The summed E-state index contributed by atoms with van der Waals surface area (Å²) in [6.45, 7) is 0. The van der Waals surface area contributed by atoms with Crippen molar-refractivity contribution in [1.29, 1.82) is 0 Å². The van der Waals surface area contributed by atoms with Crippen LogP contribution >= 0.6 is 22.6 Å². The fourth-order valence-corrected chi connectivity index (χ4v) is 3.78. The third-order valence-electron chi connectivity index (χ3n) is 4.00. The van der Waals surface area contributed by atoms with Gasteiger partial charge in [-0.15, -0.1) is 0 Å². The normalized spacial score (nSPS) is 29.2. The third kappa shape index (κ3) is 2.84. The van der Waals surface area contributed by atoms with E-state index >= 15 is 0 Å². The molecule has 0 spiro atoms. The average molecular weight is 373 g/mol. The minimum atomic E-state index is -0.350. The number of benzene rings is 1. The van der Waals surface area contributed by atoms with Crippen LogP contribution in [0.15, 0.2) is 18.2 Å². The number of nitro benzene ring substituents is 1. The highest BCUT2D eigenvalue weighted by Crippen LogP contribution is 2.31. The summed E-state index contributed by atoms with van der Waals surface area (Å²) in [6.07, 6.45) is 4.84. The summed E-state index contributed by atoms with van der Waals surface area (Å²) in [5, 5.41) is 17.9. The molecule has 1 aromatic carbocycles. The summed E-state index contributed by atoms with van der Waals surface area (Å²) in [7, 11) is 0. The molecule has 2 atom stereocenters. The molecule has 2 heterocycles. The zero-order valence-corrected chi connectivity index (χ0v) is 12.6. The first-order valence-electron chi connectivity index (χ1n) is 6.58. The summed E-state index contributed by atoms with van der Waals surface area (Å²) in [5.41, 5.74) is 1.16. The highest BCUT2D eigenvalue weighted by molar-refractivity contribution is 14.1. The molecule has 2 aliphatic heterocycles. The molecule has 2 N–H and O–H groups in total. The molecule has 3 rings (SSSR count). The topological polar surface area (TPSA) is 67.2 Å². The van der Waals surface area contributed by atoms with E-state index in [0.717, 1.165) is 22.1 Å². The number of nitrogens with one attached hydrogen (secondary N) is 2. The number of rotatable bonds is 3. The summed E-state index contributed by atoms with van der Waals surface area (Å²) < 4.78 is 0.915. The van der Waals surface area contributed by atoms with Crippen LogP contribution < -0.4 is 10.6 Å². The van der Waals surface area contributed by atoms with Crippen molar-refractivity contribution in [3.63, 3.8) is 0 Å². The van der Waals surface area contributed by atoms with Crippen LogP contribution in [0, 0.1) is 13.7 Å². The number of nitrogens with zero attached hydrogens (tertiary/aromatic N) is 1. The van der Waals surface area contributed by atoms with Crippen molar-refractivity contribution in [2.24, 2.45) is 0 Å². The lowest BCUT2D eigenvalue weighted by molar-refractivity contribution is -0.384. The standard InChI is InChI=1S/C13H16IN3O2/c14-12-7-11(17(18)19)3-4-13(12)16-10-5-8-1-2-9(6-10)15-8/h3-4,7-10,15-16H,1-2,5-6H2. The number of anilines is 1. The maximum absolute atomic E-state index is 10.7. The molecule has 0 amide bonds. The van der Waals surface area contributed by atoms with Gasteiger partial charge in [0.25, 0.3) is 5.69 Å². The van der Waals surface area contributed by atoms with Crippen molar-refractivity contribution in [3.05, 3.63) is 31.9 Å². The van der Waals surface area contributed by atoms with Gasteiger partial charge >= 0.3 is 0 Å². The summed E-state index contributed by atoms with van der Waals surface area (Å²) in [6, 6.07) is 6.79. The molecule has 2 aliphatic rings. The Balaban J connectivity index is 1.71. The molecule has 0 saturated carbocycles. The molecule has 2 bridgehead atoms. The van der Waals surface area contributed by atoms with Crippen molar-refractivity contribution in [2.45, 2.75) is 43.8 Å². The predicted octanol–water partition coefficient (Wildman–Crippen LogP) is 2.89. The third-order valence-corrected chi connectivity index (χ3v) is 4.89. The van der Waals surface area contributed by atoms with E-state index < -0.39 is 0 Å². The van der Waals surface area contributed by atoms with Gasteiger partial charge < -0.3 is 10.6 Å². The fourth-order valence-electron chi connectivity index (χ4n) is 3.13. The van der Waals surface area contributed by atoms with Crippen molar-refractivity contribution in [3.8, 4) is 0 Å². The lowest BCUT2D eigenvalue weighted by atomic mass is 9.99. The second kappa shape index (κ2) is 5.24. The predicted molar refractivity (Wildman–Crippen MR) is 82.4 cm³/mol. The molecule has 102 valence electrons. The van der Waals surface area contributed by atoms with Crippen LogP contribution in [0.4, 0.5) is 11.4 Å². The van der Waals surface area contributed by atoms with Crippen molar-refractivity contribution < 1.29 is 4.92 Å². The number of hydrogen-bond acceptors (Lipinski definition) is 4. The van der Waals surface area contributed by atoms with Gasteiger partial charge in [-0.3, -0.25) is 10.1 Å². The molecule has 0 aliphatic carbocycles. The maximum Gasteiger partial charge on any atom is 0.270 e. The van der Waals surface area contributed by atoms with E-state index in [1.165, 1.54) is 12.8 Å². The number of non-ortho nitro benzene ring substituents is 1. The molecule has 1 aromatic rings. The van der Waals surface area contributed by atoms with E-state index in [9.17, 15) is 10.1 Å². The Morgan fingerprint density at radius 2 is 2.00 bits per heavy atom. The number of piperidine rings is 1. The second-order valence-corrected chi connectivity index (χ2v) is 6.53. The molecule has 2 unspecified atom stereocenters. The number of nitro groups is 1. The first kappa shape index (κ1) is 13.1. The molecular formula is C13H16IN3O2. The Morgan fingerprint density at radius 3 is 2.58 bits per heavy atom. The lowest BCUT2D eigenvalue weighted by Crippen LogP contribution is -2.43. The first-order chi connectivity index (χ1) is 9.11. The fraction of sp³-hybridized carbons (Fsp3) is 0.538. The summed E-state index contributed by atoms with van der Waals surface area (Å²) >= 11 is 2.16. The molecule has 5 nitrogen and oxygen atoms in total. The zero-order chi connectivity index (χ0) is 13.4. The maximum atomic E-state index is 10.7. The smallest absolute Gasteiger partial charge is 0.270 e.